The number of hydrogen-bond donors (Lipinski definition) is 2. The van der Waals surface area contributed by atoms with E-state index in [9.17, 15) is 14.4 Å². The van der Waals surface area contributed by atoms with Gasteiger partial charge in [0.15, 0.2) is 5.69 Å². The lowest BCUT2D eigenvalue weighted by Crippen LogP contribution is -2.21. The summed E-state index contributed by atoms with van der Waals surface area (Å²) >= 11 is 1.23. The summed E-state index contributed by atoms with van der Waals surface area (Å²) in [5.74, 6) is -0.759. The molecule has 2 aromatic rings. The molecule has 7 nitrogen and oxygen atoms in total. The minimum Gasteiger partial charge on any atom is -0.381 e. The quantitative estimate of drug-likeness (QED) is 0.726. The Morgan fingerprint density at radius 3 is 2.77 bits per heavy atom. The van der Waals surface area contributed by atoms with Crippen LogP contribution in [0.2, 0.25) is 0 Å². The van der Waals surface area contributed by atoms with E-state index >= 15 is 0 Å². The van der Waals surface area contributed by atoms with Crippen LogP contribution >= 0.6 is 11.8 Å². The third-order valence-corrected chi connectivity index (χ3v) is 4.65. The van der Waals surface area contributed by atoms with Gasteiger partial charge < -0.3 is 10.1 Å². The van der Waals surface area contributed by atoms with Crippen molar-refractivity contribution in [3.8, 4) is 0 Å². The maximum Gasteiger partial charge on any atom is 0.276 e. The van der Waals surface area contributed by atoms with Gasteiger partial charge in [0.25, 0.3) is 5.91 Å². The number of anilines is 1. The van der Waals surface area contributed by atoms with Crippen molar-refractivity contribution in [2.75, 3.05) is 24.3 Å². The molecule has 0 atom stereocenters. The highest BCUT2D eigenvalue weighted by atomic mass is 32.2. The number of thioether (sulfide) groups is 1. The molecule has 8 heteroatoms. The van der Waals surface area contributed by atoms with E-state index in [0.717, 1.165) is 0 Å². The average Bonchev–Trinajstić information content (AvgIpc) is 3.09. The van der Waals surface area contributed by atoms with E-state index in [1.807, 2.05) is 13.0 Å². The first-order chi connectivity index (χ1) is 12.6. The molecule has 0 fully saturated rings. The van der Waals surface area contributed by atoms with Gasteiger partial charge in [0, 0.05) is 24.1 Å². The molecule has 0 aliphatic heterocycles. The van der Waals surface area contributed by atoms with Gasteiger partial charge in [0.1, 0.15) is 5.69 Å². The van der Waals surface area contributed by atoms with Crippen LogP contribution in [-0.4, -0.2) is 46.6 Å². The van der Waals surface area contributed by atoms with Gasteiger partial charge in [-0.05, 0) is 19.1 Å². The number of H-pyrrole nitrogens is 1. The van der Waals surface area contributed by atoms with E-state index in [4.69, 9.17) is 4.74 Å². The van der Waals surface area contributed by atoms with Crippen molar-refractivity contribution in [3.63, 3.8) is 0 Å². The zero-order valence-electron chi connectivity index (χ0n) is 14.1. The van der Waals surface area contributed by atoms with Crippen molar-refractivity contribution >= 4 is 34.9 Å². The number of hydrogen-bond acceptors (Lipinski definition) is 6. The van der Waals surface area contributed by atoms with Gasteiger partial charge in [-0.25, -0.2) is 0 Å². The summed E-state index contributed by atoms with van der Waals surface area (Å²) in [4.78, 5) is 37.8. The summed E-state index contributed by atoms with van der Waals surface area (Å²) in [6.45, 7) is 2.94. The summed E-state index contributed by atoms with van der Waals surface area (Å²) in [7, 11) is 0. The number of aromatic amines is 1. The molecule has 1 aliphatic rings. The molecule has 1 aliphatic carbocycles. The summed E-state index contributed by atoms with van der Waals surface area (Å²) < 4.78 is 5.24. The number of fused-ring (bicyclic) bond motifs is 1. The van der Waals surface area contributed by atoms with Crippen LogP contribution in [-0.2, 0) is 4.74 Å². The van der Waals surface area contributed by atoms with Crippen molar-refractivity contribution < 1.29 is 19.1 Å². The number of rotatable bonds is 7. The summed E-state index contributed by atoms with van der Waals surface area (Å²) in [6.07, 6.45) is 1.28. The SMILES string of the molecule is CCOCCSC1=CC(=O)c2[nH]nc(C(=O)Nc3ccccc3)c2C1=O. The zero-order valence-corrected chi connectivity index (χ0v) is 14.9. The number of aromatic nitrogens is 2. The monoisotopic (exact) mass is 371 g/mol. The molecule has 0 bridgehead atoms. The topological polar surface area (TPSA) is 101 Å². The van der Waals surface area contributed by atoms with E-state index in [-0.39, 0.29) is 33.4 Å². The lowest BCUT2D eigenvalue weighted by Gasteiger charge is -2.12. The highest BCUT2D eigenvalue weighted by Crippen LogP contribution is 2.29. The summed E-state index contributed by atoms with van der Waals surface area (Å²) in [6, 6.07) is 8.82. The molecular weight excluding hydrogens is 354 g/mol. The first kappa shape index (κ1) is 18.1. The average molecular weight is 371 g/mol. The zero-order chi connectivity index (χ0) is 18.5. The van der Waals surface area contributed by atoms with Crippen molar-refractivity contribution in [3.05, 3.63) is 58.3 Å². The number of amides is 1. The Bertz CT molecular complexity index is 874. The number of benzene rings is 1. The minimum atomic E-state index is -0.546. The molecule has 2 N–H and O–H groups in total. The lowest BCUT2D eigenvalue weighted by molar-refractivity contribution is 0.0979. The molecule has 1 heterocycles. The second-order valence-electron chi connectivity index (χ2n) is 5.39. The third-order valence-electron chi connectivity index (χ3n) is 3.66. The van der Waals surface area contributed by atoms with Gasteiger partial charge >= 0.3 is 0 Å². The van der Waals surface area contributed by atoms with Crippen LogP contribution < -0.4 is 5.32 Å². The predicted molar refractivity (Wildman–Crippen MR) is 98.7 cm³/mol. The van der Waals surface area contributed by atoms with Gasteiger partial charge in [-0.3, -0.25) is 19.5 Å². The Morgan fingerprint density at radius 1 is 1.27 bits per heavy atom. The van der Waals surface area contributed by atoms with Crippen LogP contribution in [0.5, 0.6) is 0 Å². The lowest BCUT2D eigenvalue weighted by atomic mass is 9.99. The number of para-hydroxylation sites is 1. The molecule has 1 aromatic heterocycles. The Morgan fingerprint density at radius 2 is 2.04 bits per heavy atom. The van der Waals surface area contributed by atoms with Gasteiger partial charge in [-0.15, -0.1) is 11.8 Å². The molecule has 134 valence electrons. The highest BCUT2D eigenvalue weighted by Gasteiger charge is 2.33. The molecule has 0 unspecified atom stereocenters. The number of ether oxygens (including phenoxy) is 1. The number of carbonyl (C=O) groups is 3. The first-order valence-electron chi connectivity index (χ1n) is 8.07. The number of nitrogens with zero attached hydrogens (tertiary/aromatic N) is 1. The van der Waals surface area contributed by atoms with E-state index in [0.29, 0.717) is 24.7 Å². The molecule has 3 rings (SSSR count). The van der Waals surface area contributed by atoms with E-state index in [2.05, 4.69) is 15.5 Å². The van der Waals surface area contributed by atoms with Crippen LogP contribution in [0.4, 0.5) is 5.69 Å². The molecule has 1 aromatic carbocycles. The summed E-state index contributed by atoms with van der Waals surface area (Å²) in [5, 5.41) is 9.08. The van der Waals surface area contributed by atoms with Crippen LogP contribution in [0.25, 0.3) is 0 Å². The van der Waals surface area contributed by atoms with Crippen molar-refractivity contribution in [2.45, 2.75) is 6.92 Å². The van der Waals surface area contributed by atoms with Crippen LogP contribution in [0.1, 0.15) is 38.3 Å². The van der Waals surface area contributed by atoms with Crippen molar-refractivity contribution in [2.24, 2.45) is 0 Å². The minimum absolute atomic E-state index is 0.0184. The van der Waals surface area contributed by atoms with E-state index in [1.165, 1.54) is 17.8 Å². The fourth-order valence-corrected chi connectivity index (χ4v) is 3.30. The van der Waals surface area contributed by atoms with E-state index in [1.54, 1.807) is 24.3 Å². The van der Waals surface area contributed by atoms with Crippen LogP contribution in [0, 0.1) is 0 Å². The number of Topliss-reactive ketones (excluding diaryl/α,β-unsaturated/α-hetero) is 1. The second-order valence-corrected chi connectivity index (χ2v) is 6.53. The number of allylic oxidation sites excluding steroid dienone is 2. The van der Waals surface area contributed by atoms with Crippen LogP contribution in [0.15, 0.2) is 41.3 Å². The van der Waals surface area contributed by atoms with Crippen molar-refractivity contribution in [1.82, 2.24) is 10.2 Å². The van der Waals surface area contributed by atoms with Crippen LogP contribution in [0.3, 0.4) is 0 Å². The molecular formula is C18H17N3O4S. The molecule has 0 saturated heterocycles. The van der Waals surface area contributed by atoms with Gasteiger partial charge in [0.2, 0.25) is 11.6 Å². The smallest absolute Gasteiger partial charge is 0.276 e. The van der Waals surface area contributed by atoms with Gasteiger partial charge in [-0.1, -0.05) is 18.2 Å². The fourth-order valence-electron chi connectivity index (χ4n) is 2.46. The molecule has 0 radical (unpaired) electrons. The Labute approximate surface area is 154 Å². The fraction of sp³-hybridized carbons (Fsp3) is 0.222. The summed E-state index contributed by atoms with van der Waals surface area (Å²) in [5.41, 5.74) is 0.552. The highest BCUT2D eigenvalue weighted by molar-refractivity contribution is 8.04. The molecule has 26 heavy (non-hydrogen) atoms. The number of nitrogens with one attached hydrogen (secondary N) is 2. The third kappa shape index (κ3) is 3.76. The Balaban J connectivity index is 1.80. The van der Waals surface area contributed by atoms with E-state index < -0.39 is 5.91 Å². The maximum atomic E-state index is 12.7. The number of ketones is 2. The van der Waals surface area contributed by atoms with Gasteiger partial charge in [0.05, 0.1) is 17.1 Å². The normalized spacial score (nSPS) is 13.3. The first-order valence-corrected chi connectivity index (χ1v) is 9.06. The molecule has 0 saturated carbocycles. The largest absolute Gasteiger partial charge is 0.381 e. The van der Waals surface area contributed by atoms with Gasteiger partial charge in [-0.2, -0.15) is 5.10 Å². The molecule has 0 spiro atoms. The predicted octanol–water partition coefficient (Wildman–Crippen LogP) is 2.69. The Hall–Kier alpha value is -2.71. The van der Waals surface area contributed by atoms with Crippen molar-refractivity contribution in [1.29, 1.82) is 0 Å². The number of carbonyl (C=O) groups excluding carboxylic acids is 3. The maximum absolute atomic E-state index is 12.7. The standard InChI is InChI=1S/C18H17N3O4S/c1-2-25-8-9-26-13-10-12(22)15-14(17(13)23)16(21-20-15)18(24)19-11-6-4-3-5-7-11/h3-7,10H,2,8-9H2,1H3,(H,19,24)(H,20,21). The molecule has 1 amide bonds. The second kappa shape index (κ2) is 8.11. The Kier molecular flexibility index (Phi) is 5.65.